The predicted molar refractivity (Wildman–Crippen MR) is 90.2 cm³/mol. The van der Waals surface area contributed by atoms with Crippen molar-refractivity contribution in [1.29, 1.82) is 0 Å². The highest BCUT2D eigenvalue weighted by Crippen LogP contribution is 2.25. The Labute approximate surface area is 142 Å². The summed E-state index contributed by atoms with van der Waals surface area (Å²) < 4.78 is 13.4. The highest BCUT2D eigenvalue weighted by Gasteiger charge is 2.22. The number of carbonyl (C=O) groups excluding carboxylic acids is 2. The summed E-state index contributed by atoms with van der Waals surface area (Å²) in [5.41, 5.74) is -0.415. The first kappa shape index (κ1) is 17.9. The average molecular weight is 346 g/mol. The maximum absolute atomic E-state index is 13.4. The van der Waals surface area contributed by atoms with Gasteiger partial charge in [-0.15, -0.1) is 0 Å². The maximum atomic E-state index is 13.4. The molecule has 2 rings (SSSR count). The van der Waals surface area contributed by atoms with Crippen molar-refractivity contribution in [2.24, 2.45) is 0 Å². The number of carbonyl (C=O) groups is 2. The predicted octanol–water partition coefficient (Wildman–Crippen LogP) is 3.08. The lowest BCUT2D eigenvalue weighted by Crippen LogP contribution is -2.28. The van der Waals surface area contributed by atoms with Gasteiger partial charge in [0.15, 0.2) is 0 Å². The number of nitrogens with one attached hydrogen (secondary N) is 2. The van der Waals surface area contributed by atoms with Crippen LogP contribution in [0.2, 0.25) is 0 Å². The van der Waals surface area contributed by atoms with Crippen LogP contribution in [0.15, 0.2) is 42.5 Å². The van der Waals surface area contributed by atoms with E-state index in [1.54, 1.807) is 32.3 Å². The summed E-state index contributed by atoms with van der Waals surface area (Å²) in [7, 11) is 3.10. The van der Waals surface area contributed by atoms with Crippen LogP contribution in [0, 0.1) is 15.9 Å². The third-order valence-electron chi connectivity index (χ3n) is 3.22. The lowest BCUT2D eigenvalue weighted by atomic mass is 10.1. The van der Waals surface area contributed by atoms with Gasteiger partial charge in [-0.05, 0) is 24.3 Å². The zero-order chi connectivity index (χ0) is 18.6. The Morgan fingerprint density at radius 2 is 1.68 bits per heavy atom. The van der Waals surface area contributed by atoms with Gasteiger partial charge in [-0.2, -0.15) is 0 Å². The molecule has 0 radical (unpaired) electrons. The summed E-state index contributed by atoms with van der Waals surface area (Å²) in [4.78, 5) is 35.7. The Kier molecular flexibility index (Phi) is 5.28. The fraction of sp³-hybridized carbons (Fsp3) is 0.125. The molecular weight excluding hydrogens is 331 g/mol. The number of halogens is 1. The number of anilines is 2. The molecule has 0 atom stereocenters. The minimum atomic E-state index is -0.863. The molecule has 25 heavy (non-hydrogen) atoms. The van der Waals surface area contributed by atoms with Crippen molar-refractivity contribution >= 4 is 29.0 Å². The smallest absolute Gasteiger partial charge is 0.321 e. The van der Waals surface area contributed by atoms with Gasteiger partial charge in [0.25, 0.3) is 11.6 Å². The molecule has 0 heterocycles. The van der Waals surface area contributed by atoms with Crippen LogP contribution < -0.4 is 10.6 Å². The fourth-order valence-electron chi connectivity index (χ4n) is 1.97. The van der Waals surface area contributed by atoms with Crippen LogP contribution in [0.5, 0.6) is 0 Å². The summed E-state index contributed by atoms with van der Waals surface area (Å²) in [6, 6.07) is 8.51. The van der Waals surface area contributed by atoms with Crippen molar-refractivity contribution in [3.05, 3.63) is 64.0 Å². The van der Waals surface area contributed by atoms with E-state index in [0.717, 1.165) is 18.2 Å². The van der Waals surface area contributed by atoms with Gasteiger partial charge in [-0.1, -0.05) is 12.1 Å². The summed E-state index contributed by atoms with van der Waals surface area (Å²) in [6.45, 7) is 0. The number of rotatable bonds is 4. The number of hydrogen-bond acceptors (Lipinski definition) is 4. The van der Waals surface area contributed by atoms with Crippen LogP contribution in [0.1, 0.15) is 10.4 Å². The van der Waals surface area contributed by atoms with Crippen molar-refractivity contribution < 1.29 is 18.9 Å². The zero-order valence-corrected chi connectivity index (χ0v) is 13.4. The Balaban J connectivity index is 2.32. The molecule has 3 amide bonds. The standard InChI is InChI=1S/C16H15FN4O4/c1-20(2)16(23)19-13-6-4-3-5-12(13)18-15(22)11-9-10(17)7-8-14(11)21(24)25/h3-9H,1-2H3,(H,18,22)(H,19,23). The molecule has 0 spiro atoms. The summed E-state index contributed by atoms with van der Waals surface area (Å²) in [5, 5.41) is 16.0. The summed E-state index contributed by atoms with van der Waals surface area (Å²) >= 11 is 0. The monoisotopic (exact) mass is 346 g/mol. The Morgan fingerprint density at radius 1 is 1.08 bits per heavy atom. The molecular formula is C16H15FN4O4. The van der Waals surface area contributed by atoms with E-state index in [4.69, 9.17) is 0 Å². The molecule has 0 aliphatic rings. The Hall–Kier alpha value is -3.49. The quantitative estimate of drug-likeness (QED) is 0.655. The number of urea groups is 1. The normalized spacial score (nSPS) is 10.0. The number of nitro benzene ring substituents is 1. The maximum Gasteiger partial charge on any atom is 0.321 e. The number of amides is 3. The van der Waals surface area contributed by atoms with Crippen molar-refractivity contribution in [1.82, 2.24) is 4.90 Å². The first-order chi connectivity index (χ1) is 11.8. The molecule has 2 aromatic carbocycles. The first-order valence-corrected chi connectivity index (χ1v) is 7.12. The molecule has 0 fully saturated rings. The van der Waals surface area contributed by atoms with Crippen LogP contribution in [0.3, 0.4) is 0 Å². The molecule has 0 aliphatic carbocycles. The molecule has 0 aliphatic heterocycles. The highest BCUT2D eigenvalue weighted by atomic mass is 19.1. The SMILES string of the molecule is CN(C)C(=O)Nc1ccccc1NC(=O)c1cc(F)ccc1[N+](=O)[O-]. The van der Waals surface area contributed by atoms with Crippen LogP contribution in [0.4, 0.5) is 26.2 Å². The van der Waals surface area contributed by atoms with E-state index in [0.29, 0.717) is 5.69 Å². The van der Waals surface area contributed by atoms with Gasteiger partial charge in [0.1, 0.15) is 11.4 Å². The van der Waals surface area contributed by atoms with E-state index in [9.17, 15) is 24.1 Å². The van der Waals surface area contributed by atoms with Crippen molar-refractivity contribution in [3.63, 3.8) is 0 Å². The van der Waals surface area contributed by atoms with E-state index in [1.807, 2.05) is 0 Å². The van der Waals surface area contributed by atoms with Gasteiger partial charge in [-0.25, -0.2) is 9.18 Å². The summed E-state index contributed by atoms with van der Waals surface area (Å²) in [6.07, 6.45) is 0. The number of para-hydroxylation sites is 2. The third-order valence-corrected chi connectivity index (χ3v) is 3.22. The largest absolute Gasteiger partial charge is 0.331 e. The van der Waals surface area contributed by atoms with E-state index < -0.39 is 33.9 Å². The number of benzene rings is 2. The second-order valence-electron chi connectivity index (χ2n) is 5.24. The molecule has 0 aromatic heterocycles. The second kappa shape index (κ2) is 7.39. The minimum absolute atomic E-state index is 0.223. The number of nitrogens with zero attached hydrogens (tertiary/aromatic N) is 2. The molecule has 8 nitrogen and oxygen atoms in total. The molecule has 9 heteroatoms. The summed E-state index contributed by atoms with van der Waals surface area (Å²) in [5.74, 6) is -1.64. The molecule has 130 valence electrons. The van der Waals surface area contributed by atoms with Gasteiger partial charge in [0, 0.05) is 20.2 Å². The first-order valence-electron chi connectivity index (χ1n) is 7.12. The second-order valence-corrected chi connectivity index (χ2v) is 5.24. The number of nitro groups is 1. The molecule has 0 saturated heterocycles. The number of hydrogen-bond donors (Lipinski definition) is 2. The van der Waals surface area contributed by atoms with E-state index in [-0.39, 0.29) is 5.69 Å². The molecule has 2 aromatic rings. The lowest BCUT2D eigenvalue weighted by Gasteiger charge is -2.15. The Morgan fingerprint density at radius 3 is 2.24 bits per heavy atom. The topological polar surface area (TPSA) is 105 Å². The fourth-order valence-corrected chi connectivity index (χ4v) is 1.97. The van der Waals surface area contributed by atoms with E-state index in [1.165, 1.54) is 11.0 Å². The Bertz CT molecular complexity index is 839. The highest BCUT2D eigenvalue weighted by molar-refractivity contribution is 6.09. The zero-order valence-electron chi connectivity index (χ0n) is 13.4. The molecule has 0 saturated carbocycles. The van der Waals surface area contributed by atoms with Crippen LogP contribution in [-0.2, 0) is 0 Å². The van der Waals surface area contributed by atoms with Crippen LogP contribution >= 0.6 is 0 Å². The molecule has 0 bridgehead atoms. The lowest BCUT2D eigenvalue weighted by molar-refractivity contribution is -0.385. The van der Waals surface area contributed by atoms with Crippen LogP contribution in [-0.4, -0.2) is 35.9 Å². The van der Waals surface area contributed by atoms with Crippen molar-refractivity contribution in [2.45, 2.75) is 0 Å². The van der Waals surface area contributed by atoms with Crippen LogP contribution in [0.25, 0.3) is 0 Å². The van der Waals surface area contributed by atoms with E-state index >= 15 is 0 Å². The van der Waals surface area contributed by atoms with Crippen molar-refractivity contribution in [2.75, 3.05) is 24.7 Å². The third kappa shape index (κ3) is 4.28. The molecule has 0 unspecified atom stereocenters. The minimum Gasteiger partial charge on any atom is -0.331 e. The van der Waals surface area contributed by atoms with Gasteiger partial charge in [0.05, 0.1) is 16.3 Å². The molecule has 2 N–H and O–H groups in total. The van der Waals surface area contributed by atoms with Gasteiger partial charge >= 0.3 is 6.03 Å². The van der Waals surface area contributed by atoms with Gasteiger partial charge < -0.3 is 15.5 Å². The van der Waals surface area contributed by atoms with Crippen molar-refractivity contribution in [3.8, 4) is 0 Å². The average Bonchev–Trinajstić information content (AvgIpc) is 2.56. The van der Waals surface area contributed by atoms with Gasteiger partial charge in [0.2, 0.25) is 0 Å². The van der Waals surface area contributed by atoms with Gasteiger partial charge in [-0.3, -0.25) is 14.9 Å². The van der Waals surface area contributed by atoms with E-state index in [2.05, 4.69) is 10.6 Å².